The van der Waals surface area contributed by atoms with Crippen LogP contribution in [0.5, 0.6) is 0 Å². The Hall–Kier alpha value is -1.95. The number of benzene rings is 1. The first-order valence-corrected chi connectivity index (χ1v) is 8.41. The predicted octanol–water partition coefficient (Wildman–Crippen LogP) is 3.40. The van der Waals surface area contributed by atoms with Crippen molar-refractivity contribution >= 4 is 34.9 Å². The minimum absolute atomic E-state index is 0.0471. The molecule has 0 unspecified atom stereocenters. The molecule has 23 heavy (non-hydrogen) atoms. The minimum atomic E-state index is -0.287. The molecule has 1 aliphatic rings. The number of rotatable bonds is 4. The van der Waals surface area contributed by atoms with E-state index in [1.807, 2.05) is 0 Å². The van der Waals surface area contributed by atoms with Gasteiger partial charge in [0.15, 0.2) is 5.11 Å². The van der Waals surface area contributed by atoms with Crippen molar-refractivity contribution < 1.29 is 14.3 Å². The van der Waals surface area contributed by atoms with Crippen molar-refractivity contribution in [2.75, 3.05) is 5.32 Å². The van der Waals surface area contributed by atoms with E-state index in [4.69, 9.17) is 17.0 Å². The Labute approximate surface area is 141 Å². The number of anilines is 1. The molecule has 0 heterocycles. The lowest BCUT2D eigenvalue weighted by molar-refractivity contribution is -0.119. The Morgan fingerprint density at radius 3 is 2.43 bits per heavy atom. The predicted molar refractivity (Wildman–Crippen MR) is 93.4 cm³/mol. The first-order chi connectivity index (χ1) is 11.1. The van der Waals surface area contributed by atoms with Gasteiger partial charge in [-0.15, -0.1) is 0 Å². The standard InChI is InChI=1S/C17H22N2O3S/c1-2-15(20)19-17(23)18-13-10-8-12(9-11-13)16(21)22-14-6-4-3-5-7-14/h8-11,14H,2-7H2,1H3,(H2,18,19,20,23). The molecule has 124 valence electrons. The van der Waals surface area contributed by atoms with E-state index in [1.54, 1.807) is 31.2 Å². The highest BCUT2D eigenvalue weighted by atomic mass is 32.1. The normalized spacial score (nSPS) is 14.8. The molecule has 1 aliphatic carbocycles. The number of thiocarbonyl (C=S) groups is 1. The first kappa shape index (κ1) is 17.4. The van der Waals surface area contributed by atoms with Gasteiger partial charge < -0.3 is 15.4 Å². The second-order valence-corrected chi connectivity index (χ2v) is 6.01. The van der Waals surface area contributed by atoms with Gasteiger partial charge in [-0.25, -0.2) is 4.79 Å². The van der Waals surface area contributed by atoms with Gasteiger partial charge in [0.05, 0.1) is 5.56 Å². The van der Waals surface area contributed by atoms with Crippen LogP contribution in [0.25, 0.3) is 0 Å². The summed E-state index contributed by atoms with van der Waals surface area (Å²) in [5, 5.41) is 5.71. The zero-order valence-corrected chi connectivity index (χ0v) is 14.1. The molecule has 2 rings (SSSR count). The number of hydrogen-bond donors (Lipinski definition) is 2. The number of carbonyl (C=O) groups excluding carboxylic acids is 2. The summed E-state index contributed by atoms with van der Waals surface area (Å²) in [7, 11) is 0. The molecule has 0 spiro atoms. The number of ether oxygens (including phenoxy) is 1. The summed E-state index contributed by atoms with van der Waals surface area (Å²) in [5.41, 5.74) is 1.23. The maximum Gasteiger partial charge on any atom is 0.338 e. The number of carbonyl (C=O) groups is 2. The van der Waals surface area contributed by atoms with Gasteiger partial charge >= 0.3 is 5.97 Å². The zero-order chi connectivity index (χ0) is 16.7. The molecule has 1 amide bonds. The smallest absolute Gasteiger partial charge is 0.338 e. The highest BCUT2D eigenvalue weighted by molar-refractivity contribution is 7.80. The van der Waals surface area contributed by atoms with E-state index in [1.165, 1.54) is 6.42 Å². The number of nitrogens with one attached hydrogen (secondary N) is 2. The van der Waals surface area contributed by atoms with Gasteiger partial charge in [0.2, 0.25) is 5.91 Å². The summed E-state index contributed by atoms with van der Waals surface area (Å²) in [6, 6.07) is 6.86. The molecular formula is C17H22N2O3S. The van der Waals surface area contributed by atoms with Gasteiger partial charge in [-0.1, -0.05) is 13.3 Å². The largest absolute Gasteiger partial charge is 0.459 e. The molecule has 0 aliphatic heterocycles. The lowest BCUT2D eigenvalue weighted by atomic mass is 9.98. The highest BCUT2D eigenvalue weighted by Gasteiger charge is 2.18. The topological polar surface area (TPSA) is 67.4 Å². The summed E-state index contributed by atoms with van der Waals surface area (Å²) in [6.07, 6.45) is 5.80. The molecular weight excluding hydrogens is 312 g/mol. The van der Waals surface area contributed by atoms with E-state index in [0.717, 1.165) is 25.7 Å². The molecule has 0 bridgehead atoms. The second-order valence-electron chi connectivity index (χ2n) is 5.60. The molecule has 0 radical (unpaired) electrons. The minimum Gasteiger partial charge on any atom is -0.459 e. The molecule has 0 saturated heterocycles. The second kappa shape index (κ2) is 8.62. The Balaban J connectivity index is 1.87. The van der Waals surface area contributed by atoms with Crippen LogP contribution >= 0.6 is 12.2 Å². The SMILES string of the molecule is CCC(=O)NC(=S)Nc1ccc(C(=O)OC2CCCCC2)cc1. The number of amides is 1. The van der Waals surface area contributed by atoms with Gasteiger partial charge in [-0.05, 0) is 62.2 Å². The van der Waals surface area contributed by atoms with Gasteiger partial charge in [0.1, 0.15) is 6.10 Å². The van der Waals surface area contributed by atoms with Crippen LogP contribution in [0.4, 0.5) is 5.69 Å². The van der Waals surface area contributed by atoms with Crippen molar-refractivity contribution in [2.45, 2.75) is 51.6 Å². The van der Waals surface area contributed by atoms with E-state index in [-0.39, 0.29) is 23.1 Å². The van der Waals surface area contributed by atoms with Crippen LogP contribution in [0.15, 0.2) is 24.3 Å². The van der Waals surface area contributed by atoms with Crippen LogP contribution in [-0.2, 0) is 9.53 Å². The third-order valence-electron chi connectivity index (χ3n) is 3.78. The van der Waals surface area contributed by atoms with Crippen molar-refractivity contribution in [3.63, 3.8) is 0 Å². The molecule has 2 N–H and O–H groups in total. The number of esters is 1. The molecule has 0 aromatic heterocycles. The van der Waals surface area contributed by atoms with Gasteiger partial charge in [0.25, 0.3) is 0 Å². The zero-order valence-electron chi connectivity index (χ0n) is 13.3. The molecule has 1 saturated carbocycles. The van der Waals surface area contributed by atoms with Crippen LogP contribution in [0, 0.1) is 0 Å². The van der Waals surface area contributed by atoms with E-state index >= 15 is 0 Å². The summed E-state index contributed by atoms with van der Waals surface area (Å²) in [5.74, 6) is -0.430. The van der Waals surface area contributed by atoms with Gasteiger partial charge in [-0.3, -0.25) is 4.79 Å². The lowest BCUT2D eigenvalue weighted by Gasteiger charge is -2.21. The number of hydrogen-bond acceptors (Lipinski definition) is 4. The fraction of sp³-hybridized carbons (Fsp3) is 0.471. The van der Waals surface area contributed by atoms with Crippen molar-refractivity contribution in [1.29, 1.82) is 0 Å². The highest BCUT2D eigenvalue weighted by Crippen LogP contribution is 2.21. The van der Waals surface area contributed by atoms with Crippen LogP contribution < -0.4 is 10.6 Å². The van der Waals surface area contributed by atoms with Crippen molar-refractivity contribution in [1.82, 2.24) is 5.32 Å². The first-order valence-electron chi connectivity index (χ1n) is 8.00. The van der Waals surface area contributed by atoms with E-state index < -0.39 is 0 Å². The summed E-state index contributed by atoms with van der Waals surface area (Å²) in [4.78, 5) is 23.4. The molecule has 0 atom stereocenters. The van der Waals surface area contributed by atoms with Crippen LogP contribution in [0.3, 0.4) is 0 Å². The average Bonchev–Trinajstić information content (AvgIpc) is 2.56. The van der Waals surface area contributed by atoms with E-state index in [2.05, 4.69) is 10.6 Å². The van der Waals surface area contributed by atoms with Crippen molar-refractivity contribution in [3.8, 4) is 0 Å². The van der Waals surface area contributed by atoms with E-state index in [9.17, 15) is 9.59 Å². The fourth-order valence-corrected chi connectivity index (χ4v) is 2.70. The molecule has 1 fully saturated rings. The van der Waals surface area contributed by atoms with Gasteiger partial charge in [-0.2, -0.15) is 0 Å². The van der Waals surface area contributed by atoms with Crippen molar-refractivity contribution in [2.24, 2.45) is 0 Å². The van der Waals surface area contributed by atoms with Crippen LogP contribution in [0.1, 0.15) is 55.8 Å². The molecule has 1 aromatic rings. The Bertz CT molecular complexity index is 566. The third kappa shape index (κ3) is 5.63. The maximum absolute atomic E-state index is 12.1. The monoisotopic (exact) mass is 334 g/mol. The van der Waals surface area contributed by atoms with Gasteiger partial charge in [0, 0.05) is 12.1 Å². The van der Waals surface area contributed by atoms with Crippen LogP contribution in [0.2, 0.25) is 0 Å². The fourth-order valence-electron chi connectivity index (χ4n) is 2.47. The third-order valence-corrected chi connectivity index (χ3v) is 3.98. The molecule has 1 aromatic carbocycles. The molecule has 5 nitrogen and oxygen atoms in total. The maximum atomic E-state index is 12.1. The van der Waals surface area contributed by atoms with E-state index in [0.29, 0.717) is 17.7 Å². The van der Waals surface area contributed by atoms with Crippen LogP contribution in [-0.4, -0.2) is 23.1 Å². The summed E-state index contributed by atoms with van der Waals surface area (Å²) in [6.45, 7) is 1.75. The molecule has 6 heteroatoms. The quantitative estimate of drug-likeness (QED) is 0.652. The Kier molecular flexibility index (Phi) is 6.52. The summed E-state index contributed by atoms with van der Waals surface area (Å²) < 4.78 is 5.52. The van der Waals surface area contributed by atoms with Crippen molar-refractivity contribution in [3.05, 3.63) is 29.8 Å². The Morgan fingerprint density at radius 2 is 1.83 bits per heavy atom. The lowest BCUT2D eigenvalue weighted by Crippen LogP contribution is -2.33. The average molecular weight is 334 g/mol. The summed E-state index contributed by atoms with van der Waals surface area (Å²) >= 11 is 5.04. The Morgan fingerprint density at radius 1 is 1.17 bits per heavy atom.